The summed E-state index contributed by atoms with van der Waals surface area (Å²) in [5, 5.41) is 3.54. The first-order chi connectivity index (χ1) is 15.4. The highest BCUT2D eigenvalue weighted by Gasteiger charge is 2.45. The number of methoxy groups -OCH3 is 1. The van der Waals surface area contributed by atoms with Crippen LogP contribution in [0.25, 0.3) is 0 Å². The number of ether oxygens (including phenoxy) is 3. The zero-order valence-electron chi connectivity index (χ0n) is 19.6. The number of rotatable bonds is 7. The van der Waals surface area contributed by atoms with Gasteiger partial charge in [-0.15, -0.1) is 0 Å². The summed E-state index contributed by atoms with van der Waals surface area (Å²) in [7, 11) is 1.74. The Morgan fingerprint density at radius 3 is 2.44 bits per heavy atom. The molecule has 0 saturated heterocycles. The maximum atomic E-state index is 6.40. The van der Waals surface area contributed by atoms with E-state index in [1.165, 1.54) is 16.7 Å². The van der Waals surface area contributed by atoms with E-state index in [0.717, 1.165) is 29.1 Å². The van der Waals surface area contributed by atoms with Gasteiger partial charge in [-0.1, -0.05) is 54.1 Å². The van der Waals surface area contributed by atoms with Crippen LogP contribution in [0.1, 0.15) is 47.8 Å². The van der Waals surface area contributed by atoms with E-state index < -0.39 is 5.60 Å². The molecule has 2 atom stereocenters. The molecule has 3 aromatic carbocycles. The summed E-state index contributed by atoms with van der Waals surface area (Å²) >= 11 is 0. The molecule has 4 heteroatoms. The first-order valence-electron chi connectivity index (χ1n) is 11.2. The SMILES string of the molecule is COC1c2cc(NCc3ccccc3C)ccc2OC(C)(C)C1OCc1ccc(C)cc1. The van der Waals surface area contributed by atoms with Crippen molar-refractivity contribution in [2.24, 2.45) is 0 Å². The zero-order valence-corrected chi connectivity index (χ0v) is 19.6. The van der Waals surface area contributed by atoms with Crippen LogP contribution in [0.4, 0.5) is 5.69 Å². The molecule has 0 aromatic heterocycles. The van der Waals surface area contributed by atoms with Crippen molar-refractivity contribution >= 4 is 5.69 Å². The number of anilines is 1. The number of benzene rings is 3. The van der Waals surface area contributed by atoms with Gasteiger partial charge in [-0.3, -0.25) is 0 Å². The minimum atomic E-state index is -0.519. The van der Waals surface area contributed by atoms with Crippen LogP contribution in [0.2, 0.25) is 0 Å². The van der Waals surface area contributed by atoms with Crippen molar-refractivity contribution in [1.29, 1.82) is 0 Å². The van der Waals surface area contributed by atoms with Crippen LogP contribution < -0.4 is 10.1 Å². The lowest BCUT2D eigenvalue weighted by atomic mass is 9.88. The topological polar surface area (TPSA) is 39.7 Å². The van der Waals surface area contributed by atoms with Gasteiger partial charge in [0.15, 0.2) is 0 Å². The van der Waals surface area contributed by atoms with E-state index >= 15 is 0 Å². The van der Waals surface area contributed by atoms with E-state index in [4.69, 9.17) is 14.2 Å². The van der Waals surface area contributed by atoms with Crippen LogP contribution in [0.15, 0.2) is 66.7 Å². The van der Waals surface area contributed by atoms with Crippen molar-refractivity contribution in [1.82, 2.24) is 0 Å². The van der Waals surface area contributed by atoms with E-state index in [1.807, 2.05) is 6.07 Å². The molecule has 1 aliphatic heterocycles. The van der Waals surface area contributed by atoms with E-state index in [2.05, 4.69) is 93.7 Å². The lowest BCUT2D eigenvalue weighted by Crippen LogP contribution is -2.50. The number of nitrogens with one attached hydrogen (secondary N) is 1. The molecule has 2 unspecified atom stereocenters. The minimum absolute atomic E-state index is 0.223. The average Bonchev–Trinajstić information content (AvgIpc) is 2.77. The van der Waals surface area contributed by atoms with Crippen LogP contribution >= 0.6 is 0 Å². The van der Waals surface area contributed by atoms with Gasteiger partial charge in [0.25, 0.3) is 0 Å². The summed E-state index contributed by atoms with van der Waals surface area (Å²) in [6.07, 6.45) is -0.465. The van der Waals surface area contributed by atoms with Crippen LogP contribution in [0.5, 0.6) is 5.75 Å². The minimum Gasteiger partial charge on any atom is -0.485 e. The predicted octanol–water partition coefficient (Wildman–Crippen LogP) is 6.36. The molecular weight excluding hydrogens is 398 g/mol. The third-order valence-corrected chi connectivity index (χ3v) is 6.20. The van der Waals surface area contributed by atoms with Crippen molar-refractivity contribution in [3.05, 3.63) is 94.5 Å². The Balaban J connectivity index is 1.54. The van der Waals surface area contributed by atoms with Crippen molar-refractivity contribution in [2.75, 3.05) is 12.4 Å². The molecule has 168 valence electrons. The van der Waals surface area contributed by atoms with Gasteiger partial charge in [-0.25, -0.2) is 0 Å². The Morgan fingerprint density at radius 2 is 1.72 bits per heavy atom. The number of hydrogen-bond donors (Lipinski definition) is 1. The largest absolute Gasteiger partial charge is 0.485 e. The predicted molar refractivity (Wildman–Crippen MR) is 129 cm³/mol. The quantitative estimate of drug-likeness (QED) is 0.472. The molecule has 0 fully saturated rings. The van der Waals surface area contributed by atoms with E-state index in [1.54, 1.807) is 7.11 Å². The fraction of sp³-hybridized carbons (Fsp3) is 0.357. The number of aryl methyl sites for hydroxylation is 2. The lowest BCUT2D eigenvalue weighted by Gasteiger charge is -2.44. The van der Waals surface area contributed by atoms with Crippen LogP contribution in [0, 0.1) is 13.8 Å². The van der Waals surface area contributed by atoms with Gasteiger partial charge in [0.05, 0.1) is 6.61 Å². The molecule has 4 rings (SSSR count). The summed E-state index contributed by atoms with van der Waals surface area (Å²) < 4.78 is 18.8. The maximum Gasteiger partial charge on any atom is 0.132 e. The van der Waals surface area contributed by atoms with Crippen LogP contribution in [-0.4, -0.2) is 18.8 Å². The van der Waals surface area contributed by atoms with Crippen molar-refractivity contribution in [3.63, 3.8) is 0 Å². The van der Waals surface area contributed by atoms with E-state index in [0.29, 0.717) is 6.61 Å². The number of hydrogen-bond acceptors (Lipinski definition) is 4. The fourth-order valence-corrected chi connectivity index (χ4v) is 4.26. The Hall–Kier alpha value is -2.82. The molecule has 0 aliphatic carbocycles. The first kappa shape index (κ1) is 22.4. The Morgan fingerprint density at radius 1 is 0.969 bits per heavy atom. The highest BCUT2D eigenvalue weighted by molar-refractivity contribution is 5.54. The van der Waals surface area contributed by atoms with Gasteiger partial charge in [0, 0.05) is 24.9 Å². The normalized spacial score (nSPS) is 19.2. The molecule has 0 saturated carbocycles. The Kier molecular flexibility index (Phi) is 6.54. The molecule has 1 N–H and O–H groups in total. The van der Waals surface area contributed by atoms with Gasteiger partial charge in [0.2, 0.25) is 0 Å². The highest BCUT2D eigenvalue weighted by Crippen LogP contribution is 2.44. The smallest absolute Gasteiger partial charge is 0.132 e. The second kappa shape index (κ2) is 9.35. The first-order valence-corrected chi connectivity index (χ1v) is 11.2. The molecule has 0 amide bonds. The molecular formula is C28H33NO3. The van der Waals surface area contributed by atoms with Crippen molar-refractivity contribution in [3.8, 4) is 5.75 Å². The van der Waals surface area contributed by atoms with Gasteiger partial charge in [0.1, 0.15) is 23.6 Å². The van der Waals surface area contributed by atoms with E-state index in [9.17, 15) is 0 Å². The average molecular weight is 432 g/mol. The summed E-state index contributed by atoms with van der Waals surface area (Å²) in [5.41, 5.74) is 6.47. The summed E-state index contributed by atoms with van der Waals surface area (Å²) in [6, 6.07) is 23.1. The second-order valence-corrected chi connectivity index (χ2v) is 9.11. The molecule has 1 heterocycles. The molecule has 4 nitrogen and oxygen atoms in total. The van der Waals surface area contributed by atoms with Gasteiger partial charge in [-0.2, -0.15) is 0 Å². The summed E-state index contributed by atoms with van der Waals surface area (Å²) in [5.74, 6) is 0.846. The summed E-state index contributed by atoms with van der Waals surface area (Å²) in [4.78, 5) is 0. The molecule has 32 heavy (non-hydrogen) atoms. The molecule has 1 aliphatic rings. The zero-order chi connectivity index (χ0) is 22.7. The monoisotopic (exact) mass is 431 g/mol. The fourth-order valence-electron chi connectivity index (χ4n) is 4.26. The van der Waals surface area contributed by atoms with Crippen molar-refractivity contribution < 1.29 is 14.2 Å². The number of fused-ring (bicyclic) bond motifs is 1. The molecule has 0 bridgehead atoms. The third-order valence-electron chi connectivity index (χ3n) is 6.20. The van der Waals surface area contributed by atoms with Gasteiger partial charge < -0.3 is 19.5 Å². The standard InChI is InChI=1S/C28H33NO3/c1-19-10-12-21(13-11-19)18-31-27-26(30-5)24-16-23(14-15-25(24)32-28(27,3)4)29-17-22-9-7-6-8-20(22)2/h6-16,26-27,29H,17-18H2,1-5H3. The third kappa shape index (κ3) is 4.82. The van der Waals surface area contributed by atoms with Crippen LogP contribution in [0.3, 0.4) is 0 Å². The van der Waals surface area contributed by atoms with Gasteiger partial charge in [-0.05, 0) is 62.6 Å². The summed E-state index contributed by atoms with van der Waals surface area (Å²) in [6.45, 7) is 9.63. The molecule has 0 radical (unpaired) electrons. The van der Waals surface area contributed by atoms with Crippen molar-refractivity contribution in [2.45, 2.75) is 58.7 Å². The molecule has 0 spiro atoms. The Labute approximate surface area is 191 Å². The highest BCUT2D eigenvalue weighted by atomic mass is 16.6. The van der Waals surface area contributed by atoms with Gasteiger partial charge >= 0.3 is 0 Å². The molecule has 3 aromatic rings. The second-order valence-electron chi connectivity index (χ2n) is 9.11. The van der Waals surface area contributed by atoms with Crippen LogP contribution in [-0.2, 0) is 22.6 Å². The van der Waals surface area contributed by atoms with E-state index in [-0.39, 0.29) is 12.2 Å². The lowest BCUT2D eigenvalue weighted by molar-refractivity contribution is -0.159. The Bertz CT molecular complexity index is 1060. The maximum absolute atomic E-state index is 6.40.